The monoisotopic (exact) mass is 219 g/mol. The van der Waals surface area contributed by atoms with Crippen molar-refractivity contribution in [3.63, 3.8) is 0 Å². The summed E-state index contributed by atoms with van der Waals surface area (Å²) in [6.45, 7) is 2.06. The average Bonchev–Trinajstić information content (AvgIpc) is 2.51. The number of ether oxygens (including phenoxy) is 1. The smallest absolute Gasteiger partial charge is 0.122 e. The van der Waals surface area contributed by atoms with Gasteiger partial charge in [0.25, 0.3) is 0 Å². The van der Waals surface area contributed by atoms with E-state index in [1.54, 1.807) is 0 Å². The summed E-state index contributed by atoms with van der Waals surface area (Å²) in [6, 6.07) is 5.89. The molecule has 0 bridgehead atoms. The molecule has 1 fully saturated rings. The maximum Gasteiger partial charge on any atom is 0.122 e. The van der Waals surface area contributed by atoms with E-state index in [1.165, 1.54) is 38.5 Å². The number of aryl methyl sites for hydroxylation is 1. The van der Waals surface area contributed by atoms with Crippen LogP contribution in [0.2, 0.25) is 0 Å². The summed E-state index contributed by atoms with van der Waals surface area (Å²) >= 11 is 0. The van der Waals surface area contributed by atoms with Gasteiger partial charge in [-0.1, -0.05) is 12.8 Å². The summed E-state index contributed by atoms with van der Waals surface area (Å²) < 4.78 is 6.07. The van der Waals surface area contributed by atoms with E-state index in [4.69, 9.17) is 10.5 Å². The fourth-order valence-corrected chi connectivity index (χ4v) is 2.34. The molecule has 0 radical (unpaired) electrons. The van der Waals surface area contributed by atoms with Crippen molar-refractivity contribution in [2.24, 2.45) is 0 Å². The summed E-state index contributed by atoms with van der Waals surface area (Å²) in [6.07, 6.45) is 8.14. The van der Waals surface area contributed by atoms with E-state index in [-0.39, 0.29) is 0 Å². The molecule has 16 heavy (non-hydrogen) atoms. The van der Waals surface area contributed by atoms with Gasteiger partial charge < -0.3 is 10.5 Å². The second-order valence-electron chi connectivity index (χ2n) is 4.76. The first-order valence-electron chi connectivity index (χ1n) is 6.28. The van der Waals surface area contributed by atoms with Gasteiger partial charge in [0.2, 0.25) is 0 Å². The zero-order valence-corrected chi connectivity index (χ0v) is 10.0. The molecule has 1 saturated carbocycles. The van der Waals surface area contributed by atoms with Crippen molar-refractivity contribution in [3.8, 4) is 5.75 Å². The van der Waals surface area contributed by atoms with Crippen LogP contribution in [0.3, 0.4) is 0 Å². The van der Waals surface area contributed by atoms with E-state index < -0.39 is 0 Å². The minimum Gasteiger partial charge on any atom is -0.490 e. The van der Waals surface area contributed by atoms with Gasteiger partial charge in [-0.05, 0) is 56.4 Å². The lowest BCUT2D eigenvalue weighted by Crippen LogP contribution is -2.15. The Morgan fingerprint density at radius 3 is 2.44 bits per heavy atom. The maximum absolute atomic E-state index is 6.07. The Bertz CT molecular complexity index is 341. The fourth-order valence-electron chi connectivity index (χ4n) is 2.34. The minimum absolute atomic E-state index is 0.407. The van der Waals surface area contributed by atoms with Crippen molar-refractivity contribution in [3.05, 3.63) is 23.8 Å². The van der Waals surface area contributed by atoms with Crippen LogP contribution in [-0.2, 0) is 0 Å². The summed E-state index contributed by atoms with van der Waals surface area (Å²) in [5, 5.41) is 0. The topological polar surface area (TPSA) is 35.2 Å². The molecule has 1 aliphatic rings. The summed E-state index contributed by atoms with van der Waals surface area (Å²) in [4.78, 5) is 0. The van der Waals surface area contributed by atoms with Gasteiger partial charge in [0.05, 0.1) is 6.10 Å². The molecular formula is C14H21NO. The van der Waals surface area contributed by atoms with E-state index in [9.17, 15) is 0 Å². The molecule has 0 amide bonds. The zero-order valence-electron chi connectivity index (χ0n) is 10.0. The number of anilines is 1. The molecule has 2 rings (SSSR count). The molecule has 88 valence electrons. The SMILES string of the molecule is Cc1cc(N)ccc1OC1CCCCCC1. The molecule has 0 saturated heterocycles. The van der Waals surface area contributed by atoms with Crippen molar-refractivity contribution >= 4 is 5.69 Å². The molecule has 1 aromatic carbocycles. The average molecular weight is 219 g/mol. The maximum atomic E-state index is 6.07. The van der Waals surface area contributed by atoms with Gasteiger partial charge in [-0.2, -0.15) is 0 Å². The van der Waals surface area contributed by atoms with Gasteiger partial charge >= 0.3 is 0 Å². The molecule has 0 unspecified atom stereocenters. The predicted octanol–water partition coefficient (Wildman–Crippen LogP) is 3.68. The number of rotatable bonds is 2. The van der Waals surface area contributed by atoms with Gasteiger partial charge in [-0.15, -0.1) is 0 Å². The second-order valence-corrected chi connectivity index (χ2v) is 4.76. The van der Waals surface area contributed by atoms with Crippen molar-refractivity contribution in [1.82, 2.24) is 0 Å². The Morgan fingerprint density at radius 1 is 1.12 bits per heavy atom. The van der Waals surface area contributed by atoms with E-state index in [0.29, 0.717) is 6.10 Å². The summed E-state index contributed by atoms with van der Waals surface area (Å²) in [5.74, 6) is 1.00. The molecular weight excluding hydrogens is 198 g/mol. The van der Waals surface area contributed by atoms with Crippen LogP contribution in [0.4, 0.5) is 5.69 Å². The van der Waals surface area contributed by atoms with Crippen molar-refractivity contribution < 1.29 is 4.74 Å². The van der Waals surface area contributed by atoms with Crippen LogP contribution in [0.25, 0.3) is 0 Å². The lowest BCUT2D eigenvalue weighted by atomic mass is 10.1. The molecule has 0 atom stereocenters. The highest BCUT2D eigenvalue weighted by Gasteiger charge is 2.14. The van der Waals surface area contributed by atoms with E-state index in [1.807, 2.05) is 18.2 Å². The lowest BCUT2D eigenvalue weighted by Gasteiger charge is -2.18. The Kier molecular flexibility index (Phi) is 3.70. The highest BCUT2D eigenvalue weighted by molar-refractivity contribution is 5.47. The molecule has 0 spiro atoms. The van der Waals surface area contributed by atoms with E-state index in [0.717, 1.165) is 17.0 Å². The Morgan fingerprint density at radius 2 is 1.81 bits per heavy atom. The first-order valence-corrected chi connectivity index (χ1v) is 6.28. The molecule has 0 aliphatic heterocycles. The highest BCUT2D eigenvalue weighted by atomic mass is 16.5. The largest absolute Gasteiger partial charge is 0.490 e. The Hall–Kier alpha value is -1.18. The number of nitrogen functional groups attached to an aromatic ring is 1. The van der Waals surface area contributed by atoms with Crippen LogP contribution in [0.15, 0.2) is 18.2 Å². The minimum atomic E-state index is 0.407. The van der Waals surface area contributed by atoms with Crippen molar-refractivity contribution in [2.75, 3.05) is 5.73 Å². The second kappa shape index (κ2) is 5.24. The zero-order chi connectivity index (χ0) is 11.4. The molecule has 2 N–H and O–H groups in total. The quantitative estimate of drug-likeness (QED) is 0.608. The number of benzene rings is 1. The van der Waals surface area contributed by atoms with Gasteiger partial charge in [-0.3, -0.25) is 0 Å². The number of hydrogen-bond donors (Lipinski definition) is 1. The van der Waals surface area contributed by atoms with Crippen LogP contribution in [0.5, 0.6) is 5.75 Å². The van der Waals surface area contributed by atoms with Crippen LogP contribution >= 0.6 is 0 Å². The van der Waals surface area contributed by atoms with Gasteiger partial charge in [0, 0.05) is 5.69 Å². The Balaban J connectivity index is 2.01. The van der Waals surface area contributed by atoms with E-state index in [2.05, 4.69) is 6.92 Å². The fraction of sp³-hybridized carbons (Fsp3) is 0.571. The molecule has 0 heterocycles. The number of nitrogens with two attached hydrogens (primary N) is 1. The highest BCUT2D eigenvalue weighted by Crippen LogP contribution is 2.26. The van der Waals surface area contributed by atoms with Gasteiger partial charge in [-0.25, -0.2) is 0 Å². The third kappa shape index (κ3) is 2.91. The van der Waals surface area contributed by atoms with Crippen LogP contribution in [-0.4, -0.2) is 6.10 Å². The Labute approximate surface area is 97.8 Å². The standard InChI is InChI=1S/C14H21NO/c1-11-10-12(15)8-9-14(11)16-13-6-4-2-3-5-7-13/h8-10,13H,2-7,15H2,1H3. The van der Waals surface area contributed by atoms with Crippen LogP contribution < -0.4 is 10.5 Å². The number of hydrogen-bond acceptors (Lipinski definition) is 2. The van der Waals surface area contributed by atoms with E-state index >= 15 is 0 Å². The third-order valence-electron chi connectivity index (χ3n) is 3.29. The first kappa shape index (κ1) is 11.3. The molecule has 0 aromatic heterocycles. The van der Waals surface area contributed by atoms with Gasteiger partial charge in [0.15, 0.2) is 0 Å². The first-order chi connectivity index (χ1) is 7.75. The molecule has 2 heteroatoms. The predicted molar refractivity (Wildman–Crippen MR) is 67.7 cm³/mol. The molecule has 1 aliphatic carbocycles. The van der Waals surface area contributed by atoms with Gasteiger partial charge in [0.1, 0.15) is 5.75 Å². The third-order valence-corrected chi connectivity index (χ3v) is 3.29. The lowest BCUT2D eigenvalue weighted by molar-refractivity contribution is 0.182. The summed E-state index contributed by atoms with van der Waals surface area (Å²) in [7, 11) is 0. The van der Waals surface area contributed by atoms with Crippen LogP contribution in [0, 0.1) is 6.92 Å². The van der Waals surface area contributed by atoms with Crippen LogP contribution in [0.1, 0.15) is 44.1 Å². The summed E-state index contributed by atoms with van der Waals surface area (Å²) in [5.41, 5.74) is 7.68. The molecule has 1 aromatic rings. The van der Waals surface area contributed by atoms with Crippen molar-refractivity contribution in [2.45, 2.75) is 51.6 Å². The normalized spacial score (nSPS) is 18.1. The van der Waals surface area contributed by atoms with Crippen molar-refractivity contribution in [1.29, 1.82) is 0 Å². The molecule has 2 nitrogen and oxygen atoms in total.